The minimum atomic E-state index is 0.682. The SMILES string of the molecule is N#Cc1ccc2c(c1)c1ccccc1n2-c1cccc2c1sc1ccc(-c3ccc4c(c3)sc3ccccc34)cc12. The molecule has 0 saturated carbocycles. The smallest absolute Gasteiger partial charge is 0.0991 e. The summed E-state index contributed by atoms with van der Waals surface area (Å²) in [6.45, 7) is 0. The first kappa shape index (κ1) is 22.8. The van der Waals surface area contributed by atoms with Crippen LogP contribution in [-0.4, -0.2) is 4.57 Å². The Hall–Kier alpha value is -4.95. The molecule has 0 aliphatic carbocycles. The number of benzene rings is 6. The second kappa shape index (κ2) is 8.52. The van der Waals surface area contributed by atoms with Gasteiger partial charge in [-0.05, 0) is 65.7 Å². The van der Waals surface area contributed by atoms with Crippen LogP contribution < -0.4 is 0 Å². The molecule has 0 amide bonds. The zero-order valence-corrected chi connectivity index (χ0v) is 23.4. The molecule has 0 spiro atoms. The highest BCUT2D eigenvalue weighted by molar-refractivity contribution is 7.26. The number of nitriles is 1. The van der Waals surface area contributed by atoms with Crippen molar-refractivity contribution in [2.75, 3.05) is 0 Å². The molecule has 3 aromatic heterocycles. The van der Waals surface area contributed by atoms with E-state index in [0.717, 1.165) is 21.8 Å². The third-order valence-corrected chi connectivity index (χ3v) is 10.6. The largest absolute Gasteiger partial charge is 0.308 e. The van der Waals surface area contributed by atoms with Gasteiger partial charge in [-0.25, -0.2) is 0 Å². The number of para-hydroxylation sites is 1. The van der Waals surface area contributed by atoms with E-state index in [1.54, 1.807) is 0 Å². The van der Waals surface area contributed by atoms with Crippen LogP contribution in [0.3, 0.4) is 0 Å². The number of aromatic nitrogens is 1. The Bertz CT molecular complexity index is 2550. The van der Waals surface area contributed by atoms with Gasteiger partial charge in [-0.15, -0.1) is 22.7 Å². The third-order valence-electron chi connectivity index (χ3n) is 8.23. The fourth-order valence-electron chi connectivity index (χ4n) is 6.35. The molecule has 0 aliphatic heterocycles. The molecule has 0 bridgehead atoms. The second-order valence-corrected chi connectivity index (χ2v) is 12.6. The fourth-order valence-corrected chi connectivity index (χ4v) is 8.68. The van der Waals surface area contributed by atoms with Gasteiger partial charge in [0.05, 0.1) is 33.1 Å². The first-order valence-electron chi connectivity index (χ1n) is 13.6. The van der Waals surface area contributed by atoms with E-state index in [9.17, 15) is 5.26 Å². The average molecular weight is 557 g/mol. The molecule has 3 heterocycles. The molecule has 0 saturated heterocycles. The summed E-state index contributed by atoms with van der Waals surface area (Å²) in [7, 11) is 0. The van der Waals surface area contributed by atoms with Gasteiger partial charge in [-0.3, -0.25) is 0 Å². The molecule has 9 aromatic rings. The van der Waals surface area contributed by atoms with Crippen LogP contribution in [0.1, 0.15) is 5.56 Å². The predicted octanol–water partition coefficient (Wildman–Crippen LogP) is 11.1. The molecule has 4 heteroatoms. The van der Waals surface area contributed by atoms with Gasteiger partial charge in [0, 0.05) is 46.4 Å². The van der Waals surface area contributed by atoms with Gasteiger partial charge < -0.3 is 4.57 Å². The van der Waals surface area contributed by atoms with Gasteiger partial charge >= 0.3 is 0 Å². The van der Waals surface area contributed by atoms with E-state index in [1.807, 2.05) is 34.8 Å². The monoisotopic (exact) mass is 556 g/mol. The minimum Gasteiger partial charge on any atom is -0.308 e. The molecule has 6 aromatic carbocycles. The summed E-state index contributed by atoms with van der Waals surface area (Å²) in [4.78, 5) is 0. The average Bonchev–Trinajstić information content (AvgIpc) is 3.69. The van der Waals surface area contributed by atoms with Crippen molar-refractivity contribution >= 4 is 84.8 Å². The van der Waals surface area contributed by atoms with Crippen molar-refractivity contribution < 1.29 is 0 Å². The maximum atomic E-state index is 9.55. The van der Waals surface area contributed by atoms with E-state index in [0.29, 0.717) is 5.56 Å². The van der Waals surface area contributed by atoms with Crippen LogP contribution in [0.25, 0.3) is 79.0 Å². The van der Waals surface area contributed by atoms with Crippen molar-refractivity contribution in [2.45, 2.75) is 0 Å². The quantitative estimate of drug-likeness (QED) is 0.208. The summed E-state index contributed by atoms with van der Waals surface area (Å²) >= 11 is 3.71. The molecule has 0 radical (unpaired) electrons. The van der Waals surface area contributed by atoms with Crippen LogP contribution in [0, 0.1) is 11.3 Å². The Morgan fingerprint density at radius 3 is 2.15 bits per heavy atom. The third kappa shape index (κ3) is 3.28. The topological polar surface area (TPSA) is 28.7 Å². The number of nitrogens with zero attached hydrogens (tertiary/aromatic N) is 2. The van der Waals surface area contributed by atoms with Gasteiger partial charge in [0.25, 0.3) is 0 Å². The zero-order chi connectivity index (χ0) is 27.1. The van der Waals surface area contributed by atoms with Gasteiger partial charge in [-0.2, -0.15) is 5.26 Å². The zero-order valence-electron chi connectivity index (χ0n) is 21.8. The summed E-state index contributed by atoms with van der Waals surface area (Å²) in [5.41, 5.74) is 6.61. The maximum absolute atomic E-state index is 9.55. The number of hydrogen-bond acceptors (Lipinski definition) is 3. The normalized spacial score (nSPS) is 11.9. The van der Waals surface area contributed by atoms with Crippen molar-refractivity contribution in [3.63, 3.8) is 0 Å². The van der Waals surface area contributed by atoms with Crippen LogP contribution in [0.2, 0.25) is 0 Å². The molecule has 190 valence electrons. The summed E-state index contributed by atoms with van der Waals surface area (Å²) in [6, 6.07) is 45.9. The van der Waals surface area contributed by atoms with Crippen LogP contribution in [-0.2, 0) is 0 Å². The highest BCUT2D eigenvalue weighted by Gasteiger charge is 2.17. The summed E-state index contributed by atoms with van der Waals surface area (Å²) in [5, 5.41) is 17.0. The molecule has 0 unspecified atom stereocenters. The molecular weight excluding hydrogens is 537 g/mol. The van der Waals surface area contributed by atoms with Crippen molar-refractivity contribution in [1.82, 2.24) is 4.57 Å². The molecule has 0 atom stereocenters. The number of thiophene rings is 2. The summed E-state index contributed by atoms with van der Waals surface area (Å²) in [6.07, 6.45) is 0. The molecule has 0 fully saturated rings. The van der Waals surface area contributed by atoms with E-state index in [-0.39, 0.29) is 0 Å². The Balaban J connectivity index is 1.26. The second-order valence-electron chi connectivity index (χ2n) is 10.5. The van der Waals surface area contributed by atoms with E-state index >= 15 is 0 Å². The van der Waals surface area contributed by atoms with Gasteiger partial charge in [0.15, 0.2) is 0 Å². The van der Waals surface area contributed by atoms with Crippen LogP contribution in [0.5, 0.6) is 0 Å². The molecule has 2 nitrogen and oxygen atoms in total. The first-order chi connectivity index (χ1) is 20.3. The highest BCUT2D eigenvalue weighted by Crippen LogP contribution is 2.43. The highest BCUT2D eigenvalue weighted by atomic mass is 32.1. The lowest BCUT2D eigenvalue weighted by molar-refractivity contribution is 1.20. The Morgan fingerprint density at radius 1 is 0.488 bits per heavy atom. The molecule has 0 aliphatic rings. The van der Waals surface area contributed by atoms with Gasteiger partial charge in [0.2, 0.25) is 0 Å². The molecule has 41 heavy (non-hydrogen) atoms. The standard InChI is InChI=1S/C37H20N2S2/c38-21-22-12-16-32-29(18-22)25-6-1-3-9-31(25)39(32)33-10-5-8-28-30-19-23(14-17-35(30)41-37(28)33)24-13-15-27-26-7-2-4-11-34(26)40-36(27)20-24/h1-20H. The van der Waals surface area contributed by atoms with Crippen molar-refractivity contribution in [3.05, 3.63) is 127 Å². The Kier molecular flexibility index (Phi) is 4.74. The van der Waals surface area contributed by atoms with E-state index in [4.69, 9.17) is 0 Å². The van der Waals surface area contributed by atoms with E-state index in [2.05, 4.69) is 120 Å². The van der Waals surface area contributed by atoms with Crippen molar-refractivity contribution in [3.8, 4) is 22.9 Å². The minimum absolute atomic E-state index is 0.682. The van der Waals surface area contributed by atoms with Gasteiger partial charge in [0.1, 0.15) is 0 Å². The predicted molar refractivity (Wildman–Crippen MR) is 177 cm³/mol. The lowest BCUT2D eigenvalue weighted by atomic mass is 10.0. The van der Waals surface area contributed by atoms with Crippen LogP contribution in [0.4, 0.5) is 0 Å². The van der Waals surface area contributed by atoms with E-state index < -0.39 is 0 Å². The maximum Gasteiger partial charge on any atom is 0.0991 e. The fraction of sp³-hybridized carbons (Fsp3) is 0. The number of hydrogen-bond donors (Lipinski definition) is 0. The lowest BCUT2D eigenvalue weighted by Crippen LogP contribution is -1.93. The summed E-state index contributed by atoms with van der Waals surface area (Å²) < 4.78 is 7.57. The van der Waals surface area contributed by atoms with Crippen LogP contribution >= 0.6 is 22.7 Å². The summed E-state index contributed by atoms with van der Waals surface area (Å²) in [5.74, 6) is 0. The van der Waals surface area contributed by atoms with Crippen LogP contribution in [0.15, 0.2) is 121 Å². The van der Waals surface area contributed by atoms with Crippen molar-refractivity contribution in [1.29, 1.82) is 5.26 Å². The molecule has 0 N–H and O–H groups in total. The lowest BCUT2D eigenvalue weighted by Gasteiger charge is -2.09. The Labute approximate surface area is 243 Å². The Morgan fingerprint density at radius 2 is 1.22 bits per heavy atom. The molecule has 9 rings (SSSR count). The van der Waals surface area contributed by atoms with Crippen molar-refractivity contribution in [2.24, 2.45) is 0 Å². The van der Waals surface area contributed by atoms with E-state index in [1.165, 1.54) is 57.2 Å². The van der Waals surface area contributed by atoms with Gasteiger partial charge in [-0.1, -0.05) is 66.7 Å². The number of fused-ring (bicyclic) bond motifs is 9. The first-order valence-corrected chi connectivity index (χ1v) is 15.2. The molecular formula is C37H20N2S2. The number of rotatable bonds is 2.